The Balaban J connectivity index is 1.48. The van der Waals surface area contributed by atoms with Gasteiger partial charge in [-0.3, -0.25) is 19.3 Å². The normalized spacial score (nSPS) is 23.7. The molecule has 2 heterocycles. The lowest BCUT2D eigenvalue weighted by Gasteiger charge is -2.29. The van der Waals surface area contributed by atoms with Gasteiger partial charge in [-0.1, -0.05) is 30.3 Å². The molecule has 3 aliphatic rings. The molecule has 9 nitrogen and oxygen atoms in total. The fraction of sp³-hybridized carbons (Fsp3) is 0.474. The zero-order chi connectivity index (χ0) is 20.8. The zero-order valence-electron chi connectivity index (χ0n) is 15.7. The number of hydrogen-bond donors (Lipinski definition) is 0. The molecule has 2 aliphatic heterocycles. The minimum atomic E-state index is -3.18. The van der Waals surface area contributed by atoms with Crippen LogP contribution >= 0.6 is 0 Å². The van der Waals surface area contributed by atoms with Gasteiger partial charge in [0.2, 0.25) is 5.91 Å². The van der Waals surface area contributed by atoms with Gasteiger partial charge in [-0.15, -0.1) is 0 Å². The van der Waals surface area contributed by atoms with Crippen LogP contribution in [-0.2, 0) is 30.8 Å². The molecule has 0 radical (unpaired) electrons. The highest BCUT2D eigenvalue weighted by Crippen LogP contribution is 2.32. The maximum Gasteiger partial charge on any atom is 0.335 e. The monoisotopic (exact) mass is 419 g/mol. The number of imide groups is 2. The van der Waals surface area contributed by atoms with Gasteiger partial charge in [0.25, 0.3) is 0 Å². The second-order valence-corrected chi connectivity index (χ2v) is 9.87. The molecule has 154 valence electrons. The number of carbonyl (C=O) groups excluding carboxylic acids is 4. The summed E-state index contributed by atoms with van der Waals surface area (Å²) >= 11 is 0. The van der Waals surface area contributed by atoms with Crippen LogP contribution in [0, 0.1) is 0 Å². The van der Waals surface area contributed by atoms with Crippen molar-refractivity contribution in [2.45, 2.75) is 37.9 Å². The highest BCUT2D eigenvalue weighted by atomic mass is 32.2. The van der Waals surface area contributed by atoms with Gasteiger partial charge >= 0.3 is 17.8 Å². The Labute approximate surface area is 168 Å². The van der Waals surface area contributed by atoms with E-state index < -0.39 is 46.2 Å². The fourth-order valence-electron chi connectivity index (χ4n) is 3.87. The van der Waals surface area contributed by atoms with Gasteiger partial charge in [-0.25, -0.2) is 18.1 Å². The lowest BCUT2D eigenvalue weighted by molar-refractivity contribution is -0.145. The van der Waals surface area contributed by atoms with Crippen LogP contribution in [0.15, 0.2) is 30.3 Å². The number of hydrogen-bond acceptors (Lipinski definition) is 6. The zero-order valence-corrected chi connectivity index (χ0v) is 16.5. The van der Waals surface area contributed by atoms with E-state index in [1.807, 2.05) is 0 Å². The van der Waals surface area contributed by atoms with E-state index in [4.69, 9.17) is 0 Å². The molecule has 0 spiro atoms. The maximum atomic E-state index is 12.9. The molecule has 2 saturated heterocycles. The lowest BCUT2D eigenvalue weighted by Crippen LogP contribution is -2.49. The molecule has 1 atom stereocenters. The SMILES string of the molecule is O=C1C(=O)N(Cc2ccccc2)C(=O)N1CC(=O)N(C1CC1)[C@H]1CCS(=O)(=O)C1. The van der Waals surface area contributed by atoms with Gasteiger partial charge in [0.1, 0.15) is 6.54 Å². The molecule has 0 bridgehead atoms. The maximum absolute atomic E-state index is 12.9. The molecule has 1 aliphatic carbocycles. The quantitative estimate of drug-likeness (QED) is 0.479. The third-order valence-corrected chi connectivity index (χ3v) is 7.19. The molecule has 1 saturated carbocycles. The van der Waals surface area contributed by atoms with Crippen molar-refractivity contribution in [3.05, 3.63) is 35.9 Å². The number of amides is 5. The summed E-state index contributed by atoms with van der Waals surface area (Å²) in [5.41, 5.74) is 0.686. The minimum absolute atomic E-state index is 0.0269. The number of urea groups is 1. The van der Waals surface area contributed by atoms with Gasteiger partial charge < -0.3 is 4.90 Å². The van der Waals surface area contributed by atoms with Gasteiger partial charge in [0.05, 0.1) is 18.1 Å². The number of benzene rings is 1. The first-order valence-electron chi connectivity index (χ1n) is 9.49. The molecule has 3 fully saturated rings. The van der Waals surface area contributed by atoms with Gasteiger partial charge in [-0.2, -0.15) is 0 Å². The van der Waals surface area contributed by atoms with Gasteiger partial charge in [0, 0.05) is 12.1 Å². The van der Waals surface area contributed by atoms with Crippen molar-refractivity contribution in [3.8, 4) is 0 Å². The molecule has 5 amide bonds. The standard InChI is InChI=1S/C19H21N3O6S/c23-16(22(14-6-7-14)15-8-9-29(27,28)12-15)11-21-18(25)17(24)20(19(21)26)10-13-4-2-1-3-5-13/h1-5,14-15H,6-12H2/t15-/m0/s1. The Morgan fingerprint density at radius 1 is 0.966 bits per heavy atom. The Morgan fingerprint density at radius 2 is 1.62 bits per heavy atom. The van der Waals surface area contributed by atoms with E-state index in [0.29, 0.717) is 16.9 Å². The van der Waals surface area contributed by atoms with Crippen LogP contribution in [0.1, 0.15) is 24.8 Å². The molecular weight excluding hydrogens is 398 g/mol. The summed E-state index contributed by atoms with van der Waals surface area (Å²) in [7, 11) is -3.18. The average molecular weight is 419 g/mol. The molecule has 0 aromatic heterocycles. The fourth-order valence-corrected chi connectivity index (χ4v) is 5.58. The Kier molecular flexibility index (Phi) is 4.89. The van der Waals surface area contributed by atoms with Crippen LogP contribution in [0.25, 0.3) is 0 Å². The van der Waals surface area contributed by atoms with Crippen LogP contribution in [0.2, 0.25) is 0 Å². The van der Waals surface area contributed by atoms with E-state index >= 15 is 0 Å². The summed E-state index contributed by atoms with van der Waals surface area (Å²) in [6.07, 6.45) is 1.89. The van der Waals surface area contributed by atoms with Crippen LogP contribution in [0.5, 0.6) is 0 Å². The van der Waals surface area contributed by atoms with E-state index in [0.717, 1.165) is 17.7 Å². The summed E-state index contributed by atoms with van der Waals surface area (Å²) in [6, 6.07) is 7.44. The van der Waals surface area contributed by atoms with Crippen LogP contribution in [-0.4, -0.2) is 77.0 Å². The van der Waals surface area contributed by atoms with Crippen molar-refractivity contribution < 1.29 is 27.6 Å². The van der Waals surface area contributed by atoms with E-state index in [-0.39, 0.29) is 24.1 Å². The Bertz CT molecular complexity index is 973. The molecule has 4 rings (SSSR count). The van der Waals surface area contributed by atoms with Crippen molar-refractivity contribution in [1.82, 2.24) is 14.7 Å². The minimum Gasteiger partial charge on any atom is -0.334 e. The van der Waals surface area contributed by atoms with Crippen molar-refractivity contribution in [2.75, 3.05) is 18.1 Å². The molecular formula is C19H21N3O6S. The number of nitrogens with zero attached hydrogens (tertiary/aromatic N) is 3. The van der Waals surface area contributed by atoms with Gasteiger partial charge in [-0.05, 0) is 24.8 Å². The number of sulfone groups is 1. The second-order valence-electron chi connectivity index (χ2n) is 7.64. The largest absolute Gasteiger partial charge is 0.335 e. The summed E-state index contributed by atoms with van der Waals surface area (Å²) in [5, 5.41) is 0. The molecule has 0 N–H and O–H groups in total. The highest BCUT2D eigenvalue weighted by molar-refractivity contribution is 7.91. The summed E-state index contributed by atoms with van der Waals surface area (Å²) in [5.74, 6) is -2.57. The molecule has 1 aromatic rings. The Hall–Kier alpha value is -2.75. The van der Waals surface area contributed by atoms with Crippen molar-refractivity contribution in [3.63, 3.8) is 0 Å². The predicted octanol–water partition coefficient (Wildman–Crippen LogP) is 0.156. The summed E-state index contributed by atoms with van der Waals surface area (Å²) < 4.78 is 23.6. The van der Waals surface area contributed by atoms with Gasteiger partial charge in [0.15, 0.2) is 9.84 Å². The van der Waals surface area contributed by atoms with E-state index in [2.05, 4.69) is 0 Å². The topological polar surface area (TPSA) is 112 Å². The number of rotatable bonds is 6. The first kappa shape index (κ1) is 19.6. The lowest BCUT2D eigenvalue weighted by atomic mass is 10.2. The molecule has 1 aromatic carbocycles. The van der Waals surface area contributed by atoms with Crippen LogP contribution in [0.4, 0.5) is 4.79 Å². The van der Waals surface area contributed by atoms with Crippen molar-refractivity contribution in [1.29, 1.82) is 0 Å². The Morgan fingerprint density at radius 3 is 2.21 bits per heavy atom. The average Bonchev–Trinajstić information content (AvgIpc) is 3.42. The highest BCUT2D eigenvalue weighted by Gasteiger charge is 2.48. The third-order valence-electron chi connectivity index (χ3n) is 5.44. The predicted molar refractivity (Wildman–Crippen MR) is 101 cm³/mol. The molecule has 10 heteroatoms. The first-order chi connectivity index (χ1) is 13.8. The second kappa shape index (κ2) is 7.25. The van der Waals surface area contributed by atoms with Crippen LogP contribution < -0.4 is 0 Å². The van der Waals surface area contributed by atoms with Crippen molar-refractivity contribution in [2.24, 2.45) is 0 Å². The smallest absolute Gasteiger partial charge is 0.334 e. The van der Waals surface area contributed by atoms with E-state index in [9.17, 15) is 27.6 Å². The summed E-state index contributed by atoms with van der Waals surface area (Å²) in [4.78, 5) is 53.1. The third kappa shape index (κ3) is 3.89. The van der Waals surface area contributed by atoms with Crippen molar-refractivity contribution >= 4 is 33.6 Å². The first-order valence-corrected chi connectivity index (χ1v) is 11.3. The molecule has 0 unspecified atom stereocenters. The molecule has 29 heavy (non-hydrogen) atoms. The summed E-state index contributed by atoms with van der Waals surface area (Å²) in [6.45, 7) is -0.607. The van der Waals surface area contributed by atoms with E-state index in [1.54, 1.807) is 30.3 Å². The number of carbonyl (C=O) groups is 4. The van der Waals surface area contributed by atoms with Crippen LogP contribution in [0.3, 0.4) is 0 Å². The van der Waals surface area contributed by atoms with E-state index in [1.165, 1.54) is 4.90 Å².